The van der Waals surface area contributed by atoms with Gasteiger partial charge in [0.15, 0.2) is 0 Å². The van der Waals surface area contributed by atoms with Crippen LogP contribution in [0.5, 0.6) is 0 Å². The lowest BCUT2D eigenvalue weighted by atomic mass is 10.0. The largest absolute Gasteiger partial charge is 0.478 e. The number of amides is 3. The Morgan fingerprint density at radius 2 is 1.74 bits per heavy atom. The molecule has 3 rings (SSSR count). The van der Waals surface area contributed by atoms with Crippen molar-refractivity contribution >= 4 is 23.9 Å². The number of carbonyl (C=O) groups is 4. The molecule has 3 amide bonds. The molecule has 2 atom stereocenters. The highest BCUT2D eigenvalue weighted by molar-refractivity contribution is 6.00. The lowest BCUT2D eigenvalue weighted by molar-refractivity contribution is -0.126. The van der Waals surface area contributed by atoms with Crippen molar-refractivity contribution in [3.63, 3.8) is 0 Å². The quantitative estimate of drug-likeness (QED) is 0.370. The van der Waals surface area contributed by atoms with E-state index in [-0.39, 0.29) is 23.8 Å². The zero-order chi connectivity index (χ0) is 25.4. The van der Waals surface area contributed by atoms with E-state index in [9.17, 15) is 24.3 Å². The summed E-state index contributed by atoms with van der Waals surface area (Å²) < 4.78 is 5.21. The summed E-state index contributed by atoms with van der Waals surface area (Å²) in [6.07, 6.45) is 0.0943. The Bertz CT molecular complexity index is 1120. The fourth-order valence-corrected chi connectivity index (χ4v) is 3.52. The van der Waals surface area contributed by atoms with Gasteiger partial charge in [0.1, 0.15) is 24.5 Å². The van der Waals surface area contributed by atoms with Gasteiger partial charge in [-0.2, -0.15) is 0 Å². The molecular formula is C25H28N4O6. The second kappa shape index (κ2) is 11.7. The first-order chi connectivity index (χ1) is 16.7. The van der Waals surface area contributed by atoms with Gasteiger partial charge in [-0.15, -0.1) is 0 Å². The van der Waals surface area contributed by atoms with Crippen molar-refractivity contribution in [2.75, 3.05) is 0 Å². The summed E-state index contributed by atoms with van der Waals surface area (Å²) in [4.78, 5) is 49.3. The van der Waals surface area contributed by atoms with Crippen molar-refractivity contribution < 1.29 is 29.0 Å². The topological polar surface area (TPSA) is 146 Å². The molecule has 35 heavy (non-hydrogen) atoms. The van der Waals surface area contributed by atoms with Crippen LogP contribution in [0.1, 0.15) is 47.9 Å². The molecule has 0 radical (unpaired) electrons. The number of benzene rings is 2. The Morgan fingerprint density at radius 1 is 1.06 bits per heavy atom. The van der Waals surface area contributed by atoms with Crippen LogP contribution < -0.4 is 21.3 Å². The minimum Gasteiger partial charge on any atom is -0.478 e. The molecule has 0 spiro atoms. The van der Waals surface area contributed by atoms with E-state index in [1.165, 1.54) is 12.3 Å². The summed E-state index contributed by atoms with van der Waals surface area (Å²) in [6.45, 7) is 3.85. The predicted molar refractivity (Wildman–Crippen MR) is 127 cm³/mol. The fraction of sp³-hybridized carbons (Fsp3) is 0.280. The standard InChI is InChI=1S/C25H28N4O6/c1-15(2)12-19(28-25(34)35-14-16-8-4-3-5-9-16)22(30)27-20-13-26-21(29-23(20)31)17-10-6-7-11-18(17)24(32)33/h3-11,13,15,19,21,26H,12,14H2,1-2H3,(H,27,30)(H,28,34)(H,29,31)(H,32,33)/t19-,21?/m0/s1. The summed E-state index contributed by atoms with van der Waals surface area (Å²) in [5.41, 5.74) is 1.16. The van der Waals surface area contributed by atoms with Gasteiger partial charge in [-0.25, -0.2) is 9.59 Å². The Labute approximate surface area is 202 Å². The first kappa shape index (κ1) is 25.3. The lowest BCUT2D eigenvalue weighted by Crippen LogP contribution is -2.51. The maximum Gasteiger partial charge on any atom is 0.408 e. The van der Waals surface area contributed by atoms with Crippen molar-refractivity contribution in [2.24, 2.45) is 5.92 Å². The maximum absolute atomic E-state index is 12.9. The highest BCUT2D eigenvalue weighted by atomic mass is 16.5. The van der Waals surface area contributed by atoms with Gasteiger partial charge in [-0.1, -0.05) is 62.4 Å². The number of alkyl carbamates (subject to hydrolysis) is 1. The molecule has 1 unspecified atom stereocenters. The number of nitrogens with one attached hydrogen (secondary N) is 4. The van der Waals surface area contributed by atoms with Crippen molar-refractivity contribution in [1.29, 1.82) is 0 Å². The normalized spacial score (nSPS) is 15.8. The molecule has 1 aliphatic heterocycles. The van der Waals surface area contributed by atoms with Gasteiger partial charge >= 0.3 is 12.1 Å². The summed E-state index contributed by atoms with van der Waals surface area (Å²) >= 11 is 0. The van der Waals surface area contributed by atoms with Gasteiger partial charge in [0.2, 0.25) is 5.91 Å². The van der Waals surface area contributed by atoms with Crippen LogP contribution in [0.2, 0.25) is 0 Å². The van der Waals surface area contributed by atoms with E-state index >= 15 is 0 Å². The second-order valence-corrected chi connectivity index (χ2v) is 8.40. The van der Waals surface area contributed by atoms with Crippen LogP contribution in [0.25, 0.3) is 0 Å². The van der Waals surface area contributed by atoms with E-state index in [0.29, 0.717) is 12.0 Å². The van der Waals surface area contributed by atoms with Crippen LogP contribution >= 0.6 is 0 Å². The van der Waals surface area contributed by atoms with Crippen molar-refractivity contribution in [2.45, 2.75) is 39.1 Å². The highest BCUT2D eigenvalue weighted by Crippen LogP contribution is 2.19. The van der Waals surface area contributed by atoms with Crippen LogP contribution in [-0.2, 0) is 20.9 Å². The number of carboxylic acids is 1. The molecule has 0 aliphatic carbocycles. The molecule has 0 fully saturated rings. The van der Waals surface area contributed by atoms with E-state index in [1.807, 2.05) is 44.2 Å². The van der Waals surface area contributed by atoms with Crippen molar-refractivity contribution in [3.05, 3.63) is 83.2 Å². The number of hydrogen-bond acceptors (Lipinski definition) is 6. The SMILES string of the molecule is CC(C)C[C@H](NC(=O)OCc1ccccc1)C(=O)NC1=CNC(c2ccccc2C(=O)O)NC1=O. The Hall–Kier alpha value is -4.34. The average Bonchev–Trinajstić information content (AvgIpc) is 2.84. The number of carboxylic acid groups (broad SMARTS) is 1. The number of hydrogen-bond donors (Lipinski definition) is 5. The zero-order valence-electron chi connectivity index (χ0n) is 19.4. The average molecular weight is 481 g/mol. The van der Waals surface area contributed by atoms with Gasteiger partial charge in [-0.3, -0.25) is 9.59 Å². The van der Waals surface area contributed by atoms with Gasteiger partial charge in [-0.05, 0) is 24.0 Å². The van der Waals surface area contributed by atoms with E-state index < -0.39 is 36.1 Å². The molecule has 0 aromatic heterocycles. The van der Waals surface area contributed by atoms with E-state index in [0.717, 1.165) is 5.56 Å². The zero-order valence-corrected chi connectivity index (χ0v) is 19.4. The van der Waals surface area contributed by atoms with Crippen molar-refractivity contribution in [1.82, 2.24) is 21.3 Å². The van der Waals surface area contributed by atoms with Crippen LogP contribution in [0.3, 0.4) is 0 Å². The maximum atomic E-state index is 12.9. The fourth-order valence-electron chi connectivity index (χ4n) is 3.52. The monoisotopic (exact) mass is 480 g/mol. The first-order valence-electron chi connectivity index (χ1n) is 11.1. The number of rotatable bonds is 9. The summed E-state index contributed by atoms with van der Waals surface area (Å²) in [5, 5.41) is 20.0. The van der Waals surface area contributed by atoms with E-state index in [4.69, 9.17) is 4.74 Å². The molecule has 1 aliphatic rings. The van der Waals surface area contributed by atoms with E-state index in [1.54, 1.807) is 18.2 Å². The van der Waals surface area contributed by atoms with Crippen LogP contribution in [-0.4, -0.2) is 35.0 Å². The predicted octanol–water partition coefficient (Wildman–Crippen LogP) is 2.40. The molecule has 5 N–H and O–H groups in total. The Balaban J connectivity index is 1.63. The first-order valence-corrected chi connectivity index (χ1v) is 11.1. The smallest absolute Gasteiger partial charge is 0.408 e. The number of carbonyl (C=O) groups excluding carboxylic acids is 3. The minimum atomic E-state index is -1.12. The van der Waals surface area contributed by atoms with Gasteiger partial charge in [0.25, 0.3) is 5.91 Å². The molecule has 0 bridgehead atoms. The summed E-state index contributed by atoms with van der Waals surface area (Å²) in [6, 6.07) is 14.5. The second-order valence-electron chi connectivity index (χ2n) is 8.40. The molecule has 2 aromatic rings. The highest BCUT2D eigenvalue weighted by Gasteiger charge is 2.29. The third kappa shape index (κ3) is 7.07. The Kier molecular flexibility index (Phi) is 8.44. The third-order valence-electron chi connectivity index (χ3n) is 5.20. The minimum absolute atomic E-state index is 0.0430. The molecular weight excluding hydrogens is 452 g/mol. The van der Waals surface area contributed by atoms with Gasteiger partial charge < -0.3 is 31.1 Å². The van der Waals surface area contributed by atoms with Crippen LogP contribution in [0, 0.1) is 5.92 Å². The molecule has 184 valence electrons. The summed E-state index contributed by atoms with van der Waals surface area (Å²) in [7, 11) is 0. The summed E-state index contributed by atoms with van der Waals surface area (Å²) in [5.74, 6) is -2.23. The molecule has 10 heteroatoms. The molecule has 1 heterocycles. The van der Waals surface area contributed by atoms with E-state index in [2.05, 4.69) is 21.3 Å². The lowest BCUT2D eigenvalue weighted by Gasteiger charge is -2.27. The molecule has 10 nitrogen and oxygen atoms in total. The van der Waals surface area contributed by atoms with Crippen LogP contribution in [0.15, 0.2) is 66.5 Å². The van der Waals surface area contributed by atoms with Gasteiger partial charge in [0.05, 0.1) is 5.56 Å². The molecule has 0 saturated heterocycles. The third-order valence-corrected chi connectivity index (χ3v) is 5.20. The van der Waals surface area contributed by atoms with Gasteiger partial charge in [0, 0.05) is 11.8 Å². The number of ether oxygens (including phenoxy) is 1. The van der Waals surface area contributed by atoms with Crippen molar-refractivity contribution in [3.8, 4) is 0 Å². The molecule has 2 aromatic carbocycles. The van der Waals surface area contributed by atoms with Crippen LogP contribution in [0.4, 0.5) is 4.79 Å². The Morgan fingerprint density at radius 3 is 2.40 bits per heavy atom. The molecule has 0 saturated carbocycles. The number of aromatic carboxylic acids is 1.